The Morgan fingerprint density at radius 1 is 1.38 bits per heavy atom. The second-order valence-corrected chi connectivity index (χ2v) is 3.64. The summed E-state index contributed by atoms with van der Waals surface area (Å²) in [5.41, 5.74) is 1.06. The maximum absolute atomic E-state index is 10.9. The first-order chi connectivity index (χ1) is 7.77. The Morgan fingerprint density at radius 2 is 2.12 bits per heavy atom. The number of benzene rings is 1. The van der Waals surface area contributed by atoms with Crippen molar-refractivity contribution in [2.75, 3.05) is 19.6 Å². The summed E-state index contributed by atoms with van der Waals surface area (Å²) in [7, 11) is 1.34. The monoisotopic (exact) mass is 242 g/mol. The number of methoxy groups -OCH3 is 1. The molecule has 0 amide bonds. The highest BCUT2D eigenvalue weighted by Gasteiger charge is 2.05. The minimum absolute atomic E-state index is 0.0611. The number of carbonyl (C=O) groups is 1. The van der Waals surface area contributed by atoms with Crippen LogP contribution in [0.4, 0.5) is 0 Å². The van der Waals surface area contributed by atoms with Crippen molar-refractivity contribution >= 4 is 17.6 Å². The van der Waals surface area contributed by atoms with Gasteiger partial charge < -0.3 is 9.47 Å². The highest BCUT2D eigenvalue weighted by atomic mass is 35.5. The van der Waals surface area contributed by atoms with Gasteiger partial charge in [0.05, 0.1) is 7.11 Å². The van der Waals surface area contributed by atoms with Gasteiger partial charge in [-0.1, -0.05) is 18.2 Å². The van der Waals surface area contributed by atoms with Crippen LogP contribution in [0.2, 0.25) is 0 Å². The summed E-state index contributed by atoms with van der Waals surface area (Å²) in [5.74, 6) is 0.955. The average molecular weight is 243 g/mol. The Labute approximate surface area is 100 Å². The molecule has 1 aromatic carbocycles. The first-order valence-corrected chi connectivity index (χ1v) is 5.65. The molecule has 4 heteroatoms. The molecule has 0 unspecified atom stereocenters. The maximum atomic E-state index is 10.9. The number of ether oxygens (including phenoxy) is 2. The van der Waals surface area contributed by atoms with Gasteiger partial charge in [-0.2, -0.15) is 0 Å². The van der Waals surface area contributed by atoms with Crippen LogP contribution in [0.25, 0.3) is 0 Å². The van der Waals surface area contributed by atoms with Gasteiger partial charge in [0.1, 0.15) is 5.75 Å². The number of rotatable bonds is 6. The second kappa shape index (κ2) is 7.12. The van der Waals surface area contributed by atoms with Crippen molar-refractivity contribution < 1.29 is 14.3 Å². The van der Waals surface area contributed by atoms with E-state index in [1.807, 2.05) is 24.3 Å². The lowest BCUT2D eigenvalue weighted by Gasteiger charge is -2.09. The van der Waals surface area contributed by atoms with Crippen LogP contribution >= 0.6 is 11.6 Å². The highest BCUT2D eigenvalue weighted by Crippen LogP contribution is 2.19. The molecule has 0 aliphatic heterocycles. The number of halogens is 1. The van der Waals surface area contributed by atoms with Gasteiger partial charge in [-0.05, 0) is 24.5 Å². The third-order valence-corrected chi connectivity index (χ3v) is 2.39. The van der Waals surface area contributed by atoms with E-state index in [0.717, 1.165) is 24.2 Å². The van der Waals surface area contributed by atoms with Gasteiger partial charge in [-0.3, -0.25) is 0 Å². The molecule has 16 heavy (non-hydrogen) atoms. The lowest BCUT2D eigenvalue weighted by molar-refractivity contribution is -0.142. The van der Waals surface area contributed by atoms with E-state index in [2.05, 4.69) is 4.74 Å². The molecule has 0 spiro atoms. The first-order valence-electron chi connectivity index (χ1n) is 5.11. The number of hydrogen-bond acceptors (Lipinski definition) is 3. The van der Waals surface area contributed by atoms with E-state index in [0.29, 0.717) is 5.88 Å². The zero-order valence-electron chi connectivity index (χ0n) is 9.24. The van der Waals surface area contributed by atoms with E-state index in [-0.39, 0.29) is 12.6 Å². The molecule has 0 radical (unpaired) electrons. The zero-order valence-corrected chi connectivity index (χ0v) is 10.00. The average Bonchev–Trinajstić information content (AvgIpc) is 2.34. The lowest BCUT2D eigenvalue weighted by Crippen LogP contribution is -2.13. The molecule has 1 rings (SSSR count). The molecule has 3 nitrogen and oxygen atoms in total. The van der Waals surface area contributed by atoms with Crippen LogP contribution < -0.4 is 4.74 Å². The normalized spacial score (nSPS) is 9.88. The molecule has 0 fully saturated rings. The second-order valence-electron chi connectivity index (χ2n) is 3.27. The molecule has 0 aromatic heterocycles. The summed E-state index contributed by atoms with van der Waals surface area (Å²) in [5, 5.41) is 0. The van der Waals surface area contributed by atoms with Crippen LogP contribution in [0, 0.1) is 0 Å². The molecular formula is C12H15ClO3. The minimum atomic E-state index is -0.382. The van der Waals surface area contributed by atoms with Gasteiger partial charge in [0.2, 0.25) is 0 Å². The van der Waals surface area contributed by atoms with Crippen molar-refractivity contribution in [1.29, 1.82) is 0 Å². The summed E-state index contributed by atoms with van der Waals surface area (Å²) >= 11 is 5.64. The maximum Gasteiger partial charge on any atom is 0.343 e. The van der Waals surface area contributed by atoms with E-state index < -0.39 is 0 Å². The van der Waals surface area contributed by atoms with Gasteiger partial charge in [-0.25, -0.2) is 4.79 Å². The summed E-state index contributed by atoms with van der Waals surface area (Å²) in [4.78, 5) is 10.9. The van der Waals surface area contributed by atoms with Crippen LogP contribution in [0.1, 0.15) is 12.0 Å². The van der Waals surface area contributed by atoms with Crippen LogP contribution in [0.5, 0.6) is 5.75 Å². The number of aryl methyl sites for hydroxylation is 1. The lowest BCUT2D eigenvalue weighted by atomic mass is 10.1. The Morgan fingerprint density at radius 3 is 2.81 bits per heavy atom. The van der Waals surface area contributed by atoms with Crippen molar-refractivity contribution in [3.05, 3.63) is 29.8 Å². The van der Waals surface area contributed by atoms with Crippen LogP contribution in [-0.4, -0.2) is 25.6 Å². The number of para-hydroxylation sites is 1. The Bertz CT molecular complexity index is 339. The van der Waals surface area contributed by atoms with Crippen LogP contribution in [0.15, 0.2) is 24.3 Å². The molecule has 0 aliphatic rings. The standard InChI is InChI=1S/C12H15ClO3/c1-15-12(14)9-16-11-7-3-2-5-10(11)6-4-8-13/h2-3,5,7H,4,6,8-9H2,1H3. The Balaban J connectivity index is 2.59. The van der Waals surface area contributed by atoms with Gasteiger partial charge >= 0.3 is 5.97 Å². The van der Waals surface area contributed by atoms with Crippen molar-refractivity contribution in [2.45, 2.75) is 12.8 Å². The van der Waals surface area contributed by atoms with Gasteiger partial charge in [-0.15, -0.1) is 11.6 Å². The molecule has 0 bridgehead atoms. The molecule has 0 saturated carbocycles. The summed E-state index contributed by atoms with van der Waals surface area (Å²) < 4.78 is 9.88. The molecule has 1 aromatic rings. The zero-order chi connectivity index (χ0) is 11.8. The van der Waals surface area contributed by atoms with Crippen molar-refractivity contribution in [2.24, 2.45) is 0 Å². The van der Waals surface area contributed by atoms with Gasteiger partial charge in [0.15, 0.2) is 6.61 Å². The van der Waals surface area contributed by atoms with E-state index in [1.54, 1.807) is 0 Å². The number of hydrogen-bond donors (Lipinski definition) is 0. The third kappa shape index (κ3) is 4.11. The van der Waals surface area contributed by atoms with Crippen molar-refractivity contribution in [3.8, 4) is 5.75 Å². The third-order valence-electron chi connectivity index (χ3n) is 2.13. The fraction of sp³-hybridized carbons (Fsp3) is 0.417. The first kappa shape index (κ1) is 12.8. The minimum Gasteiger partial charge on any atom is -0.482 e. The Hall–Kier alpha value is -1.22. The van der Waals surface area contributed by atoms with Crippen LogP contribution in [0.3, 0.4) is 0 Å². The fourth-order valence-electron chi connectivity index (χ4n) is 1.30. The summed E-state index contributed by atoms with van der Waals surface area (Å²) in [6.07, 6.45) is 1.74. The molecule has 0 aliphatic carbocycles. The predicted octanol–water partition coefficient (Wildman–Crippen LogP) is 2.41. The number of esters is 1. The highest BCUT2D eigenvalue weighted by molar-refractivity contribution is 6.17. The van der Waals surface area contributed by atoms with Crippen LogP contribution in [-0.2, 0) is 16.0 Å². The Kier molecular flexibility index (Phi) is 5.72. The topological polar surface area (TPSA) is 35.5 Å². The molecular weight excluding hydrogens is 228 g/mol. The quantitative estimate of drug-likeness (QED) is 0.568. The smallest absolute Gasteiger partial charge is 0.343 e. The SMILES string of the molecule is COC(=O)COc1ccccc1CCCCl. The van der Waals surface area contributed by atoms with E-state index in [9.17, 15) is 4.79 Å². The predicted molar refractivity (Wildman–Crippen MR) is 63.0 cm³/mol. The van der Waals surface area contributed by atoms with E-state index >= 15 is 0 Å². The van der Waals surface area contributed by atoms with Crippen molar-refractivity contribution in [3.63, 3.8) is 0 Å². The van der Waals surface area contributed by atoms with Crippen molar-refractivity contribution in [1.82, 2.24) is 0 Å². The molecule has 0 N–H and O–H groups in total. The molecule has 0 heterocycles. The van der Waals surface area contributed by atoms with E-state index in [1.165, 1.54) is 7.11 Å². The number of carbonyl (C=O) groups excluding carboxylic acids is 1. The summed E-state index contributed by atoms with van der Waals surface area (Å²) in [6.45, 7) is -0.0611. The van der Waals surface area contributed by atoms with Gasteiger partial charge in [0.25, 0.3) is 0 Å². The molecule has 0 atom stereocenters. The molecule has 88 valence electrons. The number of alkyl halides is 1. The summed E-state index contributed by atoms with van der Waals surface area (Å²) in [6, 6.07) is 7.62. The fourth-order valence-corrected chi connectivity index (χ4v) is 1.44. The van der Waals surface area contributed by atoms with Gasteiger partial charge in [0, 0.05) is 5.88 Å². The largest absolute Gasteiger partial charge is 0.482 e. The molecule has 0 saturated heterocycles. The van der Waals surface area contributed by atoms with E-state index in [4.69, 9.17) is 16.3 Å².